The Morgan fingerprint density at radius 2 is 1.88 bits per heavy atom. The molecule has 1 amide bonds. The molecule has 0 saturated carbocycles. The van der Waals surface area contributed by atoms with Crippen molar-refractivity contribution >= 4 is 30.1 Å². The summed E-state index contributed by atoms with van der Waals surface area (Å²) in [6, 6.07) is 15.5. The lowest BCUT2D eigenvalue weighted by atomic mass is 10.1. The number of hydrogen-bond donors (Lipinski definition) is 2. The number of rotatable bonds is 11. The van der Waals surface area contributed by atoms with E-state index in [0.29, 0.717) is 18.0 Å². The summed E-state index contributed by atoms with van der Waals surface area (Å²) in [5, 5.41) is 19.0. The summed E-state index contributed by atoms with van der Waals surface area (Å²) in [6.45, 7) is 7.17. The van der Waals surface area contributed by atoms with Gasteiger partial charge in [0.15, 0.2) is 18.1 Å². The predicted octanol–water partition coefficient (Wildman–Crippen LogP) is 3.27. The van der Waals surface area contributed by atoms with Gasteiger partial charge in [0.1, 0.15) is 0 Å². The van der Waals surface area contributed by atoms with E-state index < -0.39 is 0 Å². The lowest BCUT2D eigenvalue weighted by molar-refractivity contribution is -0.124. The van der Waals surface area contributed by atoms with E-state index in [1.807, 2.05) is 69.3 Å². The molecule has 0 radical (unpaired) electrons. The van der Waals surface area contributed by atoms with Gasteiger partial charge in [0.2, 0.25) is 5.16 Å². The van der Waals surface area contributed by atoms with Gasteiger partial charge in [-0.15, -0.1) is 17.5 Å². The fourth-order valence-corrected chi connectivity index (χ4v) is 3.77. The van der Waals surface area contributed by atoms with Crippen LogP contribution in [0.2, 0.25) is 0 Å². The molecule has 0 atom stereocenters. The van der Waals surface area contributed by atoms with E-state index in [2.05, 4.69) is 26.2 Å². The molecule has 1 aromatic heterocycles. The first-order chi connectivity index (χ1) is 15.9. The smallest absolute Gasteiger partial charge is 0.258 e. The van der Waals surface area contributed by atoms with E-state index in [-0.39, 0.29) is 30.5 Å². The standard InChI is InChI=1S/C23H30N6O3S.ClH/c1-23(2,3)25-21(30)16-32-19-11-10-17(14-20(19)31-4)15-24-12-13-33-22-26-27-28-29(22)18-8-6-5-7-9-18;/h5-11,14,24H,12-13,15-16H2,1-4H3,(H,25,30);1H. The van der Waals surface area contributed by atoms with E-state index >= 15 is 0 Å². The normalized spacial score (nSPS) is 10.9. The molecular formula is C23H31ClN6O3S. The summed E-state index contributed by atoms with van der Waals surface area (Å²) >= 11 is 1.59. The Bertz CT molecular complexity index is 1040. The van der Waals surface area contributed by atoms with E-state index in [4.69, 9.17) is 9.47 Å². The van der Waals surface area contributed by atoms with Crippen LogP contribution in [-0.2, 0) is 11.3 Å². The maximum Gasteiger partial charge on any atom is 0.258 e. The van der Waals surface area contributed by atoms with Crippen LogP contribution in [0.15, 0.2) is 53.7 Å². The van der Waals surface area contributed by atoms with Gasteiger partial charge in [-0.1, -0.05) is 36.0 Å². The number of halogens is 1. The van der Waals surface area contributed by atoms with Gasteiger partial charge in [0, 0.05) is 24.4 Å². The van der Waals surface area contributed by atoms with Crippen molar-refractivity contribution in [1.82, 2.24) is 30.8 Å². The van der Waals surface area contributed by atoms with Crippen molar-refractivity contribution in [2.45, 2.75) is 38.0 Å². The fourth-order valence-electron chi connectivity index (χ4n) is 2.99. The number of benzene rings is 2. The van der Waals surface area contributed by atoms with Gasteiger partial charge in [0.05, 0.1) is 12.8 Å². The first-order valence-corrected chi connectivity index (χ1v) is 11.6. The van der Waals surface area contributed by atoms with Crippen LogP contribution in [-0.4, -0.2) is 57.7 Å². The summed E-state index contributed by atoms with van der Waals surface area (Å²) in [7, 11) is 1.59. The highest BCUT2D eigenvalue weighted by Gasteiger charge is 2.15. The Balaban J connectivity index is 0.00000408. The monoisotopic (exact) mass is 506 g/mol. The number of para-hydroxylation sites is 1. The largest absolute Gasteiger partial charge is 0.493 e. The van der Waals surface area contributed by atoms with Gasteiger partial charge < -0.3 is 20.1 Å². The molecule has 0 bridgehead atoms. The zero-order valence-electron chi connectivity index (χ0n) is 19.8. The molecule has 0 aliphatic rings. The topological polar surface area (TPSA) is 103 Å². The summed E-state index contributed by atoms with van der Waals surface area (Å²) < 4.78 is 12.8. The quantitative estimate of drug-likeness (QED) is 0.302. The first-order valence-electron chi connectivity index (χ1n) is 10.6. The van der Waals surface area contributed by atoms with Gasteiger partial charge in [-0.25, -0.2) is 0 Å². The van der Waals surface area contributed by atoms with Crippen molar-refractivity contribution in [3.05, 3.63) is 54.1 Å². The lowest BCUT2D eigenvalue weighted by Gasteiger charge is -2.20. The van der Waals surface area contributed by atoms with Crippen molar-refractivity contribution in [1.29, 1.82) is 0 Å². The minimum Gasteiger partial charge on any atom is -0.493 e. The number of aromatic nitrogens is 4. The van der Waals surface area contributed by atoms with E-state index in [1.54, 1.807) is 23.6 Å². The second kappa shape index (κ2) is 13.2. The van der Waals surface area contributed by atoms with Crippen molar-refractivity contribution in [3.63, 3.8) is 0 Å². The summed E-state index contributed by atoms with van der Waals surface area (Å²) in [4.78, 5) is 12.0. The van der Waals surface area contributed by atoms with E-state index in [0.717, 1.165) is 28.7 Å². The SMILES string of the molecule is COc1cc(CNCCSc2nnnn2-c2ccccc2)ccc1OCC(=O)NC(C)(C)C.Cl. The summed E-state index contributed by atoms with van der Waals surface area (Å²) in [5.41, 5.74) is 1.69. The highest BCUT2D eigenvalue weighted by atomic mass is 35.5. The number of tetrazole rings is 1. The highest BCUT2D eigenvalue weighted by molar-refractivity contribution is 7.99. The lowest BCUT2D eigenvalue weighted by Crippen LogP contribution is -2.43. The number of carbonyl (C=O) groups is 1. The van der Waals surface area contributed by atoms with Crippen molar-refractivity contribution < 1.29 is 14.3 Å². The van der Waals surface area contributed by atoms with Crippen molar-refractivity contribution in [2.75, 3.05) is 26.0 Å². The third kappa shape index (κ3) is 8.51. The minimum atomic E-state index is -0.300. The molecular weight excluding hydrogens is 476 g/mol. The molecule has 0 fully saturated rings. The molecule has 34 heavy (non-hydrogen) atoms. The molecule has 2 N–H and O–H groups in total. The maximum atomic E-state index is 12.0. The van der Waals surface area contributed by atoms with Crippen molar-refractivity contribution in [3.8, 4) is 17.2 Å². The average Bonchev–Trinajstić information content (AvgIpc) is 3.26. The molecule has 11 heteroatoms. The Morgan fingerprint density at radius 3 is 2.59 bits per heavy atom. The molecule has 2 aromatic carbocycles. The molecule has 0 unspecified atom stereocenters. The van der Waals surface area contributed by atoms with Crippen LogP contribution >= 0.6 is 24.2 Å². The number of carbonyl (C=O) groups excluding carboxylic acids is 1. The highest BCUT2D eigenvalue weighted by Crippen LogP contribution is 2.28. The number of methoxy groups -OCH3 is 1. The average molecular weight is 507 g/mol. The van der Waals surface area contributed by atoms with Crippen LogP contribution in [0.3, 0.4) is 0 Å². The molecule has 3 aromatic rings. The molecule has 0 aliphatic carbocycles. The number of ether oxygens (including phenoxy) is 2. The maximum absolute atomic E-state index is 12.0. The van der Waals surface area contributed by atoms with Crippen LogP contribution in [0.4, 0.5) is 0 Å². The molecule has 9 nitrogen and oxygen atoms in total. The van der Waals surface area contributed by atoms with Gasteiger partial charge in [-0.05, 0) is 61.0 Å². The van der Waals surface area contributed by atoms with Crippen LogP contribution in [0.25, 0.3) is 5.69 Å². The van der Waals surface area contributed by atoms with Gasteiger partial charge >= 0.3 is 0 Å². The number of nitrogens with one attached hydrogen (secondary N) is 2. The molecule has 184 valence electrons. The zero-order chi connectivity index (χ0) is 23.7. The van der Waals surface area contributed by atoms with Crippen LogP contribution in [0.1, 0.15) is 26.3 Å². The Morgan fingerprint density at radius 1 is 1.12 bits per heavy atom. The van der Waals surface area contributed by atoms with Gasteiger partial charge in [0.25, 0.3) is 5.91 Å². The predicted molar refractivity (Wildman–Crippen MR) is 135 cm³/mol. The van der Waals surface area contributed by atoms with Gasteiger partial charge in [-0.2, -0.15) is 4.68 Å². The summed E-state index contributed by atoms with van der Waals surface area (Å²) in [6.07, 6.45) is 0. The Labute approximate surface area is 210 Å². The summed E-state index contributed by atoms with van der Waals surface area (Å²) in [5.74, 6) is 1.77. The zero-order valence-corrected chi connectivity index (χ0v) is 21.4. The number of thioether (sulfide) groups is 1. The second-order valence-electron chi connectivity index (χ2n) is 8.31. The molecule has 0 saturated heterocycles. The van der Waals surface area contributed by atoms with E-state index in [9.17, 15) is 4.79 Å². The number of nitrogens with zero attached hydrogens (tertiary/aromatic N) is 4. The fraction of sp³-hybridized carbons (Fsp3) is 0.391. The molecule has 1 heterocycles. The first kappa shape index (κ1) is 27.4. The minimum absolute atomic E-state index is 0. The third-order valence-corrected chi connectivity index (χ3v) is 5.30. The molecule has 3 rings (SSSR count). The Hall–Kier alpha value is -2.82. The van der Waals surface area contributed by atoms with E-state index in [1.165, 1.54) is 0 Å². The molecule has 0 spiro atoms. The molecule has 0 aliphatic heterocycles. The third-order valence-electron chi connectivity index (χ3n) is 4.38. The Kier molecular flexibility index (Phi) is 10.6. The van der Waals surface area contributed by atoms with Crippen molar-refractivity contribution in [2.24, 2.45) is 0 Å². The van der Waals surface area contributed by atoms with Crippen LogP contribution in [0, 0.1) is 0 Å². The number of hydrogen-bond acceptors (Lipinski definition) is 8. The van der Waals surface area contributed by atoms with Crippen LogP contribution < -0.4 is 20.1 Å². The van der Waals surface area contributed by atoms with Crippen LogP contribution in [0.5, 0.6) is 11.5 Å². The number of amides is 1. The second-order valence-corrected chi connectivity index (χ2v) is 9.37. The van der Waals surface area contributed by atoms with Gasteiger partial charge in [-0.3, -0.25) is 4.79 Å².